The summed E-state index contributed by atoms with van der Waals surface area (Å²) in [6, 6.07) is 7.08. The SMILES string of the molecule is COc1ccc(C(=S)NCC(=O)O)cc1. The Morgan fingerprint density at radius 3 is 2.53 bits per heavy atom. The summed E-state index contributed by atoms with van der Waals surface area (Å²) in [5, 5.41) is 11.1. The second kappa shape index (κ2) is 5.31. The summed E-state index contributed by atoms with van der Waals surface area (Å²) < 4.78 is 4.99. The monoisotopic (exact) mass is 225 g/mol. The predicted molar refractivity (Wildman–Crippen MR) is 60.3 cm³/mol. The van der Waals surface area contributed by atoms with E-state index >= 15 is 0 Å². The molecule has 1 aromatic carbocycles. The number of carbonyl (C=O) groups is 1. The molecule has 80 valence electrons. The highest BCUT2D eigenvalue weighted by Gasteiger charge is 2.02. The van der Waals surface area contributed by atoms with Crippen molar-refractivity contribution < 1.29 is 14.6 Å². The number of aliphatic carboxylic acids is 1. The number of hydrogen-bond donors (Lipinski definition) is 2. The van der Waals surface area contributed by atoms with E-state index in [0.29, 0.717) is 4.99 Å². The van der Waals surface area contributed by atoms with Gasteiger partial charge in [0.1, 0.15) is 17.3 Å². The third kappa shape index (κ3) is 3.55. The van der Waals surface area contributed by atoms with E-state index in [1.165, 1.54) is 0 Å². The number of nitrogens with one attached hydrogen (secondary N) is 1. The smallest absolute Gasteiger partial charge is 0.322 e. The molecule has 1 rings (SSSR count). The lowest BCUT2D eigenvalue weighted by atomic mass is 10.2. The van der Waals surface area contributed by atoms with Crippen molar-refractivity contribution in [3.05, 3.63) is 29.8 Å². The van der Waals surface area contributed by atoms with Crippen LogP contribution in [0.3, 0.4) is 0 Å². The van der Waals surface area contributed by atoms with Crippen LogP contribution in [-0.2, 0) is 4.79 Å². The first-order valence-corrected chi connectivity index (χ1v) is 4.68. The second-order valence-electron chi connectivity index (χ2n) is 2.80. The molecule has 0 atom stereocenters. The van der Waals surface area contributed by atoms with Crippen molar-refractivity contribution in [1.82, 2.24) is 5.32 Å². The maximum atomic E-state index is 10.3. The Bertz CT molecular complexity index is 361. The third-order valence-electron chi connectivity index (χ3n) is 1.75. The summed E-state index contributed by atoms with van der Waals surface area (Å²) >= 11 is 5.00. The summed E-state index contributed by atoms with van der Waals surface area (Å²) in [7, 11) is 1.58. The van der Waals surface area contributed by atoms with Gasteiger partial charge in [0, 0.05) is 5.56 Å². The molecule has 0 unspecified atom stereocenters. The zero-order valence-electron chi connectivity index (χ0n) is 8.19. The first-order chi connectivity index (χ1) is 7.13. The summed E-state index contributed by atoms with van der Waals surface area (Å²) in [5.41, 5.74) is 0.770. The molecule has 0 saturated heterocycles. The number of benzene rings is 1. The number of ether oxygens (including phenoxy) is 1. The Morgan fingerprint density at radius 2 is 2.07 bits per heavy atom. The van der Waals surface area contributed by atoms with Gasteiger partial charge in [-0.2, -0.15) is 0 Å². The quantitative estimate of drug-likeness (QED) is 0.750. The van der Waals surface area contributed by atoms with Gasteiger partial charge in [0.25, 0.3) is 0 Å². The van der Waals surface area contributed by atoms with Gasteiger partial charge in [-0.05, 0) is 24.3 Å². The standard InChI is InChI=1S/C10H11NO3S/c1-14-8-4-2-7(3-5-8)10(15)11-6-9(12)13/h2-5H,6H2,1H3,(H,11,15)(H,12,13). The molecule has 15 heavy (non-hydrogen) atoms. The van der Waals surface area contributed by atoms with Gasteiger partial charge < -0.3 is 15.2 Å². The number of carboxylic acids is 1. The zero-order chi connectivity index (χ0) is 11.3. The van der Waals surface area contributed by atoms with Gasteiger partial charge in [-0.25, -0.2) is 0 Å². The van der Waals surface area contributed by atoms with Crippen LogP contribution in [-0.4, -0.2) is 29.7 Å². The fourth-order valence-electron chi connectivity index (χ4n) is 1.00. The topological polar surface area (TPSA) is 58.6 Å². The van der Waals surface area contributed by atoms with Crippen LogP contribution in [0.1, 0.15) is 5.56 Å². The van der Waals surface area contributed by atoms with Gasteiger partial charge in [0.05, 0.1) is 7.11 Å². The summed E-state index contributed by atoms with van der Waals surface area (Å²) in [4.78, 5) is 10.7. The van der Waals surface area contributed by atoms with Gasteiger partial charge in [-0.15, -0.1) is 0 Å². The fraction of sp³-hybridized carbons (Fsp3) is 0.200. The molecule has 0 aromatic heterocycles. The molecule has 0 spiro atoms. The van der Waals surface area contributed by atoms with Crippen LogP contribution >= 0.6 is 12.2 Å². The molecule has 0 radical (unpaired) electrons. The largest absolute Gasteiger partial charge is 0.497 e. The molecule has 0 bridgehead atoms. The van der Waals surface area contributed by atoms with Crippen LogP contribution in [0.25, 0.3) is 0 Å². The van der Waals surface area contributed by atoms with Crippen molar-refractivity contribution in [1.29, 1.82) is 0 Å². The summed E-state index contributed by atoms with van der Waals surface area (Å²) in [6.45, 7) is -0.176. The van der Waals surface area contributed by atoms with E-state index in [1.54, 1.807) is 31.4 Å². The maximum absolute atomic E-state index is 10.3. The van der Waals surface area contributed by atoms with E-state index in [1.807, 2.05) is 0 Å². The molecule has 0 amide bonds. The molecule has 0 aliphatic rings. The lowest BCUT2D eigenvalue weighted by molar-refractivity contribution is -0.135. The normalized spacial score (nSPS) is 9.40. The van der Waals surface area contributed by atoms with E-state index in [0.717, 1.165) is 11.3 Å². The molecule has 4 nitrogen and oxygen atoms in total. The highest BCUT2D eigenvalue weighted by Crippen LogP contribution is 2.11. The van der Waals surface area contributed by atoms with Crippen molar-refractivity contribution in [3.8, 4) is 5.75 Å². The second-order valence-corrected chi connectivity index (χ2v) is 3.21. The average molecular weight is 225 g/mol. The van der Waals surface area contributed by atoms with E-state index in [2.05, 4.69) is 5.32 Å². The Kier molecular flexibility index (Phi) is 4.05. The van der Waals surface area contributed by atoms with E-state index in [9.17, 15) is 4.79 Å². The van der Waals surface area contributed by atoms with Crippen molar-refractivity contribution in [2.75, 3.05) is 13.7 Å². The van der Waals surface area contributed by atoms with Crippen molar-refractivity contribution >= 4 is 23.2 Å². The minimum Gasteiger partial charge on any atom is -0.497 e. The molecule has 5 heteroatoms. The lowest BCUT2D eigenvalue weighted by Crippen LogP contribution is -2.28. The first kappa shape index (κ1) is 11.5. The van der Waals surface area contributed by atoms with Crippen molar-refractivity contribution in [2.24, 2.45) is 0 Å². The number of carboxylic acid groups (broad SMARTS) is 1. The molecule has 0 aliphatic heterocycles. The first-order valence-electron chi connectivity index (χ1n) is 4.27. The number of hydrogen-bond acceptors (Lipinski definition) is 3. The van der Waals surface area contributed by atoms with Crippen LogP contribution in [0.4, 0.5) is 0 Å². The van der Waals surface area contributed by atoms with Crippen molar-refractivity contribution in [2.45, 2.75) is 0 Å². The molecule has 0 heterocycles. The van der Waals surface area contributed by atoms with Gasteiger partial charge >= 0.3 is 5.97 Å². The lowest BCUT2D eigenvalue weighted by Gasteiger charge is -2.06. The Labute approximate surface area is 92.9 Å². The van der Waals surface area contributed by atoms with Gasteiger partial charge in [0.2, 0.25) is 0 Å². The maximum Gasteiger partial charge on any atom is 0.322 e. The average Bonchev–Trinajstić information content (AvgIpc) is 2.26. The van der Waals surface area contributed by atoms with Crippen LogP contribution in [0.2, 0.25) is 0 Å². The predicted octanol–water partition coefficient (Wildman–Crippen LogP) is 1.04. The van der Waals surface area contributed by atoms with E-state index in [4.69, 9.17) is 22.1 Å². The minimum atomic E-state index is -0.939. The van der Waals surface area contributed by atoms with E-state index < -0.39 is 5.97 Å². The van der Waals surface area contributed by atoms with Crippen LogP contribution in [0.15, 0.2) is 24.3 Å². The summed E-state index contributed by atoms with van der Waals surface area (Å²) in [5.74, 6) is -0.203. The Morgan fingerprint density at radius 1 is 1.47 bits per heavy atom. The highest BCUT2D eigenvalue weighted by atomic mass is 32.1. The number of methoxy groups -OCH3 is 1. The van der Waals surface area contributed by atoms with Gasteiger partial charge in [-0.1, -0.05) is 12.2 Å². The molecule has 2 N–H and O–H groups in total. The molecular weight excluding hydrogens is 214 g/mol. The van der Waals surface area contributed by atoms with Crippen LogP contribution in [0, 0.1) is 0 Å². The highest BCUT2D eigenvalue weighted by molar-refractivity contribution is 7.80. The minimum absolute atomic E-state index is 0.176. The molecule has 0 aliphatic carbocycles. The zero-order valence-corrected chi connectivity index (χ0v) is 9.00. The third-order valence-corrected chi connectivity index (χ3v) is 2.13. The Balaban J connectivity index is 2.62. The Hall–Kier alpha value is -1.62. The molecule has 0 saturated carbocycles. The van der Waals surface area contributed by atoms with Gasteiger partial charge in [-0.3, -0.25) is 4.79 Å². The van der Waals surface area contributed by atoms with Gasteiger partial charge in [0.15, 0.2) is 0 Å². The number of thiocarbonyl (C=S) groups is 1. The molecule has 0 fully saturated rings. The van der Waals surface area contributed by atoms with Crippen LogP contribution in [0.5, 0.6) is 5.75 Å². The fourth-order valence-corrected chi connectivity index (χ4v) is 1.21. The van der Waals surface area contributed by atoms with Crippen LogP contribution < -0.4 is 10.1 Å². The molecular formula is C10H11NO3S. The molecule has 1 aromatic rings. The summed E-state index contributed by atoms with van der Waals surface area (Å²) in [6.07, 6.45) is 0. The van der Waals surface area contributed by atoms with Crippen molar-refractivity contribution in [3.63, 3.8) is 0 Å². The van der Waals surface area contributed by atoms with E-state index in [-0.39, 0.29) is 6.54 Å². The number of rotatable bonds is 4.